The van der Waals surface area contributed by atoms with Gasteiger partial charge in [0.2, 0.25) is 0 Å². The van der Waals surface area contributed by atoms with E-state index in [1.165, 1.54) is 10.6 Å². The van der Waals surface area contributed by atoms with E-state index in [4.69, 9.17) is 10.8 Å². The molecule has 0 saturated carbocycles. The van der Waals surface area contributed by atoms with Gasteiger partial charge in [0.1, 0.15) is 11.3 Å². The number of nitrogens with two attached hydrogens (primary N) is 1. The molecule has 0 unspecified atom stereocenters. The number of rotatable bonds is 6. The van der Waals surface area contributed by atoms with Gasteiger partial charge in [-0.05, 0) is 117 Å². The monoisotopic (exact) mass is 895 g/mol. The third-order valence-corrected chi connectivity index (χ3v) is 14.2. The quantitative estimate of drug-likeness (QED) is 0.0660. The van der Waals surface area contributed by atoms with Crippen molar-refractivity contribution in [3.63, 3.8) is 0 Å². The smallest absolute Gasteiger partial charge is 0.128 e. The Bertz CT molecular complexity index is 1210. The van der Waals surface area contributed by atoms with Crippen molar-refractivity contribution in [2.45, 2.75) is 46.4 Å². The van der Waals surface area contributed by atoms with Gasteiger partial charge in [0.05, 0.1) is 6.35 Å². The zero-order chi connectivity index (χ0) is 43.2. The predicted molar refractivity (Wildman–Crippen MR) is 277 cm³/mol. The summed E-state index contributed by atoms with van der Waals surface area (Å²) in [6, 6.07) is 23.8. The van der Waals surface area contributed by atoms with Crippen molar-refractivity contribution >= 4 is 100.0 Å². The van der Waals surface area contributed by atoms with Gasteiger partial charge in [-0.15, -0.1) is 20.6 Å². The van der Waals surface area contributed by atoms with Crippen LogP contribution < -0.4 is 27.2 Å². The summed E-state index contributed by atoms with van der Waals surface area (Å²) in [6.45, 7) is 38.0. The van der Waals surface area contributed by atoms with E-state index in [-0.39, 0.29) is 47.5 Å². The predicted octanol–water partition coefficient (Wildman–Crippen LogP) is 11.9. The lowest BCUT2D eigenvalue weighted by molar-refractivity contribution is 0.371. The fourth-order valence-electron chi connectivity index (χ4n) is 3.08. The molecule has 1 heterocycles. The SMILES string of the molecule is CC.CC.CC.CP(C)CO.CP(C)CS.CP(C)c1ccccc1N.CP(C)c1ccccc1O.CP(C)c1ccccc1S.CP(C)c1ncc[nH]1. The van der Waals surface area contributed by atoms with Gasteiger partial charge in [-0.3, -0.25) is 0 Å². The molecule has 5 N–H and O–H groups in total. The van der Waals surface area contributed by atoms with Crippen LogP contribution in [0, 0.1) is 0 Å². The molecule has 5 nitrogen and oxygen atoms in total. The van der Waals surface area contributed by atoms with Crippen LogP contribution in [0.4, 0.5) is 5.69 Å². The van der Waals surface area contributed by atoms with Crippen molar-refractivity contribution in [1.29, 1.82) is 0 Å². The molecule has 4 aromatic rings. The van der Waals surface area contributed by atoms with Crippen molar-refractivity contribution < 1.29 is 10.2 Å². The van der Waals surface area contributed by atoms with Crippen LogP contribution in [0.25, 0.3) is 0 Å². The first kappa shape index (κ1) is 62.9. The molecule has 0 aliphatic heterocycles. The minimum absolute atomic E-state index is 0.00720. The highest BCUT2D eigenvalue weighted by Crippen LogP contribution is 2.29. The van der Waals surface area contributed by atoms with Gasteiger partial charge in [0.15, 0.2) is 0 Å². The number of thiol groups is 2. The highest BCUT2D eigenvalue weighted by Gasteiger charge is 2.02. The summed E-state index contributed by atoms with van der Waals surface area (Å²) in [6.07, 6.45) is 4.02. The van der Waals surface area contributed by atoms with E-state index in [1.54, 1.807) is 12.3 Å². The minimum Gasteiger partial charge on any atom is -0.507 e. The molecule has 312 valence electrons. The largest absolute Gasteiger partial charge is 0.507 e. The number of H-pyrrole nitrogens is 1. The fraction of sp³-hybridized carbons (Fsp3) is 0.488. The first-order valence-corrected chi connectivity index (χ1v) is 33.0. The third-order valence-electron chi connectivity index (χ3n) is 5.62. The average molecular weight is 896 g/mol. The first-order chi connectivity index (χ1) is 25.5. The van der Waals surface area contributed by atoms with Crippen LogP contribution in [0.1, 0.15) is 41.5 Å². The fourth-order valence-corrected chi connectivity index (χ4v) is 7.28. The van der Waals surface area contributed by atoms with Crippen molar-refractivity contribution in [1.82, 2.24) is 9.97 Å². The first-order valence-electron chi connectivity index (χ1n) is 18.1. The summed E-state index contributed by atoms with van der Waals surface area (Å²) < 4.78 is 0. The molecule has 0 radical (unpaired) electrons. The topological polar surface area (TPSA) is 95.2 Å². The van der Waals surface area contributed by atoms with E-state index in [1.807, 2.05) is 110 Å². The molecule has 0 amide bonds. The number of aliphatic hydroxyl groups excluding tert-OH is 1. The Morgan fingerprint density at radius 3 is 1.19 bits per heavy atom. The lowest BCUT2D eigenvalue weighted by Gasteiger charge is -2.07. The molecule has 1 aromatic heterocycles. The van der Waals surface area contributed by atoms with Crippen LogP contribution in [0.15, 0.2) is 90.1 Å². The lowest BCUT2D eigenvalue weighted by Crippen LogP contribution is -2.05. The van der Waals surface area contributed by atoms with E-state index in [0.717, 1.165) is 26.9 Å². The summed E-state index contributed by atoms with van der Waals surface area (Å²) in [5.41, 5.74) is 8.86. The van der Waals surface area contributed by atoms with Gasteiger partial charge in [-0.2, -0.15) is 12.6 Å². The molecule has 0 aliphatic carbocycles. The molecule has 0 fully saturated rings. The van der Waals surface area contributed by atoms with Crippen molar-refractivity contribution in [3.8, 4) is 5.75 Å². The molecule has 54 heavy (non-hydrogen) atoms. The molecule has 13 heteroatoms. The molecule has 0 saturated heterocycles. The zero-order valence-electron chi connectivity index (χ0n) is 37.0. The summed E-state index contributed by atoms with van der Waals surface area (Å²) >= 11 is 8.40. The summed E-state index contributed by atoms with van der Waals surface area (Å²) in [4.78, 5) is 8.27. The number of hydrogen-bond acceptors (Lipinski definition) is 6. The van der Waals surface area contributed by atoms with Crippen molar-refractivity contribution in [2.75, 3.05) is 97.6 Å². The van der Waals surface area contributed by atoms with Crippen LogP contribution in [0.5, 0.6) is 5.75 Å². The second-order valence-electron chi connectivity index (χ2n) is 11.5. The minimum atomic E-state index is -0.166. The maximum absolute atomic E-state index is 9.30. The molecular formula is C41H79N3O2P6S2. The Morgan fingerprint density at radius 2 is 0.963 bits per heavy atom. The molecule has 0 atom stereocenters. The number of aromatic amines is 1. The Labute approximate surface area is 353 Å². The highest BCUT2D eigenvalue weighted by atomic mass is 32.1. The van der Waals surface area contributed by atoms with Crippen LogP contribution in [0.3, 0.4) is 0 Å². The standard InChI is InChI=1S/C8H12NP.C8H11OP.C8H11PS.C5H9N2P.C3H9OP.C3H9PS.3C2H6/c2*1-10(2)8-6-4-3-5-7(8)9;1-9(2)7-5-3-4-6-8(7)10;1-8(2)5-6-3-4-7-5;1-5(2)3-4;1-4(2)3-5;3*1-2/h3-6H,9H2,1-2H3;3-6,9H,1-2H3;3-6,10H,1-2H3;3-4H,1-2H3,(H,6,7);4H,3H2,1-2H3;5H,3H2,1-2H3;3*1-2H3. The van der Waals surface area contributed by atoms with E-state index in [0.29, 0.717) is 12.1 Å². The number of phenolic OH excluding ortho intramolecular Hbond substituents is 1. The number of anilines is 1. The number of nitrogens with one attached hydrogen (secondary N) is 1. The van der Waals surface area contributed by atoms with E-state index >= 15 is 0 Å². The van der Waals surface area contributed by atoms with Crippen molar-refractivity contribution in [3.05, 3.63) is 85.2 Å². The number of imidazole rings is 1. The van der Waals surface area contributed by atoms with Crippen molar-refractivity contribution in [2.24, 2.45) is 0 Å². The molecule has 4 rings (SSSR count). The summed E-state index contributed by atoms with van der Waals surface area (Å²) in [7, 11) is -0.00257. The van der Waals surface area contributed by atoms with Gasteiger partial charge >= 0.3 is 0 Å². The van der Waals surface area contributed by atoms with E-state index < -0.39 is 0 Å². The van der Waals surface area contributed by atoms with Crippen LogP contribution in [-0.2, 0) is 0 Å². The molecule has 0 bridgehead atoms. The second kappa shape index (κ2) is 43.8. The normalized spacial score (nSPS) is 9.39. The Morgan fingerprint density at radius 1 is 0.593 bits per heavy atom. The number of aliphatic hydroxyl groups is 1. The Kier molecular flexibility index (Phi) is 51.0. The van der Waals surface area contributed by atoms with Gasteiger partial charge in [-0.25, -0.2) is 4.98 Å². The van der Waals surface area contributed by atoms with Crippen LogP contribution in [-0.4, -0.2) is 112 Å². The van der Waals surface area contributed by atoms with Gasteiger partial charge in [0.25, 0.3) is 0 Å². The Balaban J connectivity index is -0.000000176. The van der Waals surface area contributed by atoms with E-state index in [2.05, 4.69) is 120 Å². The maximum Gasteiger partial charge on any atom is 0.128 e. The number of hydrogen-bond donors (Lipinski definition) is 6. The third kappa shape index (κ3) is 37.3. The lowest BCUT2D eigenvalue weighted by atomic mass is 10.3. The van der Waals surface area contributed by atoms with Gasteiger partial charge in [-0.1, -0.05) is 128 Å². The number of nitrogen functional groups attached to an aromatic ring is 1. The molecule has 0 spiro atoms. The van der Waals surface area contributed by atoms with Gasteiger partial charge in [0, 0.05) is 33.8 Å². The molecular weight excluding hydrogens is 816 g/mol. The number of phenols is 1. The molecule has 3 aromatic carbocycles. The zero-order valence-corrected chi connectivity index (χ0v) is 44.1. The number of aromatic hydroxyl groups is 1. The average Bonchev–Trinajstić information content (AvgIpc) is 3.72. The number of aromatic nitrogens is 2. The van der Waals surface area contributed by atoms with E-state index in [9.17, 15) is 5.11 Å². The van der Waals surface area contributed by atoms with Gasteiger partial charge < -0.3 is 20.9 Å². The number of para-hydroxylation sites is 2. The number of benzene rings is 3. The van der Waals surface area contributed by atoms with Crippen LogP contribution in [0.2, 0.25) is 0 Å². The van der Waals surface area contributed by atoms with Crippen LogP contribution >= 0.6 is 72.8 Å². The Hall–Kier alpha value is -0.290. The maximum atomic E-state index is 9.30. The summed E-state index contributed by atoms with van der Waals surface area (Å²) in [5, 5.41) is 21.2. The number of nitrogens with zero attached hydrogens (tertiary/aromatic N) is 1. The summed E-state index contributed by atoms with van der Waals surface area (Å²) in [5.74, 6) is 0.429. The second-order valence-corrected chi connectivity index (χ2v) is 26.7. The molecule has 0 aliphatic rings. The highest BCUT2D eigenvalue weighted by molar-refractivity contribution is 7.89.